The molecule has 0 saturated heterocycles. The number of anilines is 2. The van der Waals surface area contributed by atoms with Crippen LogP contribution in [0, 0.1) is 0 Å². The Hall–Kier alpha value is -4.54. The van der Waals surface area contributed by atoms with Crippen molar-refractivity contribution in [1.29, 1.82) is 0 Å². The van der Waals surface area contributed by atoms with Gasteiger partial charge in [-0.05, 0) is 17.7 Å². The van der Waals surface area contributed by atoms with E-state index in [9.17, 15) is 9.59 Å². The molecule has 2 aromatic carbocycles. The monoisotopic (exact) mass is 464 g/mol. The SMILES string of the molecule is COc1ccc(-c2noc(CN(C)c3c(N)n(Cc4ccccc4)c(=O)[nH]c3=O)n2)c(OC)c1. The maximum Gasteiger partial charge on any atom is 0.330 e. The first-order valence-corrected chi connectivity index (χ1v) is 10.3. The standard InChI is InChI=1S/C23H24N6O5/c1-28(13-18-25-21(27-34-18)16-10-9-15(32-2)11-17(16)33-3)19-20(24)29(23(31)26-22(19)30)12-14-7-5-4-6-8-14/h4-11H,12-13,24H2,1-3H3,(H,26,30,31). The molecule has 2 heterocycles. The van der Waals surface area contributed by atoms with Gasteiger partial charge in [-0.2, -0.15) is 4.98 Å². The van der Waals surface area contributed by atoms with Crippen LogP contribution in [0.5, 0.6) is 11.5 Å². The maximum atomic E-state index is 12.6. The first kappa shape index (κ1) is 22.6. The minimum atomic E-state index is -0.606. The zero-order valence-corrected chi connectivity index (χ0v) is 18.9. The molecule has 0 aliphatic heterocycles. The molecule has 4 rings (SSSR count). The van der Waals surface area contributed by atoms with Crippen molar-refractivity contribution in [2.45, 2.75) is 13.1 Å². The van der Waals surface area contributed by atoms with E-state index in [1.54, 1.807) is 37.3 Å². The number of hydrogen-bond acceptors (Lipinski definition) is 9. The molecule has 0 unspecified atom stereocenters. The summed E-state index contributed by atoms with van der Waals surface area (Å²) in [5.41, 5.74) is 6.67. The van der Waals surface area contributed by atoms with Crippen molar-refractivity contribution in [3.05, 3.63) is 80.8 Å². The summed E-state index contributed by atoms with van der Waals surface area (Å²) in [6, 6.07) is 14.6. The molecule has 0 aliphatic rings. The third-order valence-corrected chi connectivity index (χ3v) is 5.27. The van der Waals surface area contributed by atoms with Gasteiger partial charge in [-0.15, -0.1) is 0 Å². The van der Waals surface area contributed by atoms with E-state index in [-0.39, 0.29) is 30.5 Å². The van der Waals surface area contributed by atoms with Crippen LogP contribution < -0.4 is 31.4 Å². The van der Waals surface area contributed by atoms with E-state index >= 15 is 0 Å². The number of aromatic nitrogens is 4. The van der Waals surface area contributed by atoms with Gasteiger partial charge >= 0.3 is 5.69 Å². The Labute approximate surface area is 194 Å². The Bertz CT molecular complexity index is 1410. The second-order valence-electron chi connectivity index (χ2n) is 7.50. The molecular weight excluding hydrogens is 440 g/mol. The first-order chi connectivity index (χ1) is 16.4. The van der Waals surface area contributed by atoms with Crippen LogP contribution in [0.4, 0.5) is 11.5 Å². The van der Waals surface area contributed by atoms with Gasteiger partial charge in [-0.25, -0.2) is 4.79 Å². The number of H-pyrrole nitrogens is 1. The minimum absolute atomic E-state index is 0.0386. The van der Waals surface area contributed by atoms with Gasteiger partial charge in [0.2, 0.25) is 11.7 Å². The molecular formula is C23H24N6O5. The molecule has 176 valence electrons. The van der Waals surface area contributed by atoms with Crippen LogP contribution in [0.3, 0.4) is 0 Å². The molecule has 0 fully saturated rings. The summed E-state index contributed by atoms with van der Waals surface area (Å²) < 4.78 is 17.3. The lowest BCUT2D eigenvalue weighted by Crippen LogP contribution is -2.37. The van der Waals surface area contributed by atoms with E-state index in [1.165, 1.54) is 11.7 Å². The number of nitrogens with zero attached hydrogens (tertiary/aromatic N) is 4. The van der Waals surface area contributed by atoms with Gasteiger partial charge in [0.1, 0.15) is 23.0 Å². The lowest BCUT2D eigenvalue weighted by Gasteiger charge is -2.20. The fraction of sp³-hybridized carbons (Fsp3) is 0.217. The summed E-state index contributed by atoms with van der Waals surface area (Å²) in [5, 5.41) is 4.02. The Morgan fingerprint density at radius 2 is 1.88 bits per heavy atom. The lowest BCUT2D eigenvalue weighted by molar-refractivity contribution is 0.377. The molecule has 4 aromatic rings. The Morgan fingerprint density at radius 3 is 2.59 bits per heavy atom. The van der Waals surface area contributed by atoms with E-state index in [2.05, 4.69) is 15.1 Å². The van der Waals surface area contributed by atoms with Gasteiger partial charge < -0.3 is 24.6 Å². The van der Waals surface area contributed by atoms with Gasteiger partial charge in [0.15, 0.2) is 0 Å². The first-order valence-electron chi connectivity index (χ1n) is 10.3. The van der Waals surface area contributed by atoms with Crippen LogP contribution in [0.25, 0.3) is 11.4 Å². The van der Waals surface area contributed by atoms with E-state index in [0.717, 1.165) is 5.56 Å². The highest BCUT2D eigenvalue weighted by molar-refractivity contribution is 5.66. The lowest BCUT2D eigenvalue weighted by atomic mass is 10.2. The van der Waals surface area contributed by atoms with Crippen LogP contribution >= 0.6 is 0 Å². The average Bonchev–Trinajstić information content (AvgIpc) is 3.29. The molecule has 3 N–H and O–H groups in total. The summed E-state index contributed by atoms with van der Waals surface area (Å²) in [5.74, 6) is 1.75. The van der Waals surface area contributed by atoms with E-state index in [1.807, 2.05) is 30.3 Å². The van der Waals surface area contributed by atoms with Crippen molar-refractivity contribution in [3.63, 3.8) is 0 Å². The molecule has 0 spiro atoms. The number of nitrogen functional groups attached to an aromatic ring is 1. The molecule has 34 heavy (non-hydrogen) atoms. The molecule has 0 radical (unpaired) electrons. The number of aromatic amines is 1. The molecule has 11 nitrogen and oxygen atoms in total. The van der Waals surface area contributed by atoms with E-state index in [0.29, 0.717) is 22.9 Å². The van der Waals surface area contributed by atoms with Crippen LogP contribution in [-0.2, 0) is 13.1 Å². The van der Waals surface area contributed by atoms with Crippen molar-refractivity contribution in [2.75, 3.05) is 31.9 Å². The number of benzene rings is 2. The zero-order chi connectivity index (χ0) is 24.2. The number of nitrogens with two attached hydrogens (primary N) is 1. The van der Waals surface area contributed by atoms with Crippen molar-refractivity contribution < 1.29 is 14.0 Å². The minimum Gasteiger partial charge on any atom is -0.497 e. The zero-order valence-electron chi connectivity index (χ0n) is 18.9. The molecule has 0 bridgehead atoms. The third-order valence-electron chi connectivity index (χ3n) is 5.27. The maximum absolute atomic E-state index is 12.6. The second-order valence-corrected chi connectivity index (χ2v) is 7.50. The van der Waals surface area contributed by atoms with Gasteiger partial charge in [0, 0.05) is 13.1 Å². The topological polar surface area (TPSA) is 141 Å². The van der Waals surface area contributed by atoms with Crippen LogP contribution in [-0.4, -0.2) is 41.0 Å². The van der Waals surface area contributed by atoms with Gasteiger partial charge in [-0.1, -0.05) is 35.5 Å². The number of nitrogens with one attached hydrogen (secondary N) is 1. The van der Waals surface area contributed by atoms with E-state index < -0.39 is 11.2 Å². The number of hydrogen-bond donors (Lipinski definition) is 2. The predicted molar refractivity (Wildman–Crippen MR) is 126 cm³/mol. The Balaban J connectivity index is 1.61. The average molecular weight is 464 g/mol. The van der Waals surface area contributed by atoms with E-state index in [4.69, 9.17) is 19.7 Å². The third kappa shape index (κ3) is 4.49. The summed E-state index contributed by atoms with van der Waals surface area (Å²) in [7, 11) is 4.75. The highest BCUT2D eigenvalue weighted by atomic mass is 16.5. The van der Waals surface area contributed by atoms with Gasteiger partial charge in [0.05, 0.1) is 32.9 Å². The summed E-state index contributed by atoms with van der Waals surface area (Å²) >= 11 is 0. The highest BCUT2D eigenvalue weighted by Crippen LogP contribution is 2.31. The summed E-state index contributed by atoms with van der Waals surface area (Å²) in [6.45, 7) is 0.299. The van der Waals surface area contributed by atoms with Gasteiger partial charge in [-0.3, -0.25) is 14.3 Å². The molecule has 2 aromatic heterocycles. The normalized spacial score (nSPS) is 10.8. The van der Waals surface area contributed by atoms with Crippen molar-refractivity contribution in [2.24, 2.45) is 0 Å². The number of methoxy groups -OCH3 is 2. The largest absolute Gasteiger partial charge is 0.497 e. The Kier molecular flexibility index (Phi) is 6.35. The van der Waals surface area contributed by atoms with Crippen molar-refractivity contribution in [3.8, 4) is 22.9 Å². The van der Waals surface area contributed by atoms with Crippen LogP contribution in [0.2, 0.25) is 0 Å². The molecule has 0 atom stereocenters. The number of rotatable bonds is 8. The molecule has 0 amide bonds. The Morgan fingerprint density at radius 1 is 1.12 bits per heavy atom. The molecule has 0 saturated carbocycles. The summed E-state index contributed by atoms with van der Waals surface area (Å²) in [4.78, 5) is 33.3. The summed E-state index contributed by atoms with van der Waals surface area (Å²) in [6.07, 6.45) is 0. The predicted octanol–water partition coefficient (Wildman–Crippen LogP) is 1.87. The fourth-order valence-electron chi connectivity index (χ4n) is 3.56. The highest BCUT2D eigenvalue weighted by Gasteiger charge is 2.20. The molecule has 11 heteroatoms. The quantitative estimate of drug-likeness (QED) is 0.400. The second kappa shape index (κ2) is 9.53. The molecule has 0 aliphatic carbocycles. The fourth-order valence-corrected chi connectivity index (χ4v) is 3.56. The van der Waals surface area contributed by atoms with Crippen LogP contribution in [0.1, 0.15) is 11.5 Å². The van der Waals surface area contributed by atoms with Crippen molar-refractivity contribution >= 4 is 11.5 Å². The van der Waals surface area contributed by atoms with Crippen molar-refractivity contribution in [1.82, 2.24) is 19.7 Å². The van der Waals surface area contributed by atoms with Gasteiger partial charge in [0.25, 0.3) is 5.56 Å². The van der Waals surface area contributed by atoms with Crippen LogP contribution in [0.15, 0.2) is 62.6 Å². The number of ether oxygens (including phenoxy) is 2. The smallest absolute Gasteiger partial charge is 0.330 e.